The van der Waals surface area contributed by atoms with Gasteiger partial charge in [-0.25, -0.2) is 0 Å². The van der Waals surface area contributed by atoms with Gasteiger partial charge < -0.3 is 5.32 Å². The van der Waals surface area contributed by atoms with Crippen LogP contribution in [-0.2, 0) is 6.18 Å². The molecule has 1 aromatic carbocycles. The van der Waals surface area contributed by atoms with Crippen LogP contribution in [0.1, 0.15) is 38.2 Å². The molecule has 0 radical (unpaired) electrons. The van der Waals surface area contributed by atoms with Gasteiger partial charge in [0, 0.05) is 11.7 Å². The Labute approximate surface area is 117 Å². The minimum atomic E-state index is -4.26. The predicted molar refractivity (Wildman–Crippen MR) is 73.5 cm³/mol. The summed E-state index contributed by atoms with van der Waals surface area (Å²) in [6.45, 7) is 2.16. The summed E-state index contributed by atoms with van der Waals surface area (Å²) in [6.07, 6.45) is 1.07. The summed E-state index contributed by atoms with van der Waals surface area (Å²) >= 11 is 0. The van der Waals surface area contributed by atoms with Gasteiger partial charge in [-0.05, 0) is 68.2 Å². The van der Waals surface area contributed by atoms with Gasteiger partial charge in [0.25, 0.3) is 0 Å². The van der Waals surface area contributed by atoms with Gasteiger partial charge in [0.1, 0.15) is 0 Å². The van der Waals surface area contributed by atoms with Crippen molar-refractivity contribution < 1.29 is 13.2 Å². The van der Waals surface area contributed by atoms with E-state index >= 15 is 0 Å². The second kappa shape index (κ2) is 4.97. The molecule has 4 heteroatoms. The minimum Gasteiger partial charge on any atom is -0.382 e. The molecule has 2 aliphatic rings. The van der Waals surface area contributed by atoms with Gasteiger partial charge in [-0.3, -0.25) is 0 Å². The van der Waals surface area contributed by atoms with E-state index in [1.807, 2.05) is 0 Å². The molecule has 0 saturated heterocycles. The molecule has 2 aliphatic carbocycles. The Bertz CT molecular complexity index is 466. The van der Waals surface area contributed by atoms with Crippen molar-refractivity contribution in [2.24, 2.45) is 17.8 Å². The van der Waals surface area contributed by atoms with Crippen molar-refractivity contribution in [2.45, 2.75) is 44.8 Å². The predicted octanol–water partition coefficient (Wildman–Crippen LogP) is 4.94. The smallest absolute Gasteiger partial charge is 0.382 e. The van der Waals surface area contributed by atoms with Gasteiger partial charge in [-0.15, -0.1) is 0 Å². The summed E-state index contributed by atoms with van der Waals surface area (Å²) in [6, 6.07) is 5.70. The lowest BCUT2D eigenvalue weighted by atomic mass is 9.84. The van der Waals surface area contributed by atoms with Crippen LogP contribution in [0.2, 0.25) is 0 Å². The maximum absolute atomic E-state index is 12.5. The van der Waals surface area contributed by atoms with E-state index in [2.05, 4.69) is 12.2 Å². The first-order valence-electron chi connectivity index (χ1n) is 7.37. The van der Waals surface area contributed by atoms with Crippen molar-refractivity contribution in [3.05, 3.63) is 29.8 Å². The highest BCUT2D eigenvalue weighted by Gasteiger charge is 2.41. The van der Waals surface area contributed by atoms with Crippen molar-refractivity contribution in [3.8, 4) is 0 Å². The van der Waals surface area contributed by atoms with E-state index in [9.17, 15) is 13.2 Å². The molecule has 0 aliphatic heterocycles. The third-order valence-corrected chi connectivity index (χ3v) is 5.04. The first kappa shape index (κ1) is 13.8. The number of fused-ring (bicyclic) bond motifs is 2. The first-order valence-corrected chi connectivity index (χ1v) is 7.37. The molecule has 2 bridgehead atoms. The van der Waals surface area contributed by atoms with Crippen LogP contribution in [0, 0.1) is 17.8 Å². The molecule has 1 N–H and O–H groups in total. The molecule has 110 valence electrons. The monoisotopic (exact) mass is 283 g/mol. The molecule has 4 atom stereocenters. The fraction of sp³-hybridized carbons (Fsp3) is 0.625. The maximum Gasteiger partial charge on any atom is 0.416 e. The van der Waals surface area contributed by atoms with Crippen LogP contribution < -0.4 is 5.32 Å². The molecule has 1 aromatic rings. The summed E-state index contributed by atoms with van der Waals surface area (Å²) in [4.78, 5) is 0. The van der Waals surface area contributed by atoms with Crippen LogP contribution in [0.3, 0.4) is 0 Å². The van der Waals surface area contributed by atoms with Gasteiger partial charge in [-0.1, -0.05) is 6.42 Å². The minimum absolute atomic E-state index is 0.335. The Morgan fingerprint density at radius 1 is 1.10 bits per heavy atom. The van der Waals surface area contributed by atoms with Crippen molar-refractivity contribution >= 4 is 5.69 Å². The zero-order valence-corrected chi connectivity index (χ0v) is 11.6. The van der Waals surface area contributed by atoms with Crippen molar-refractivity contribution in [3.63, 3.8) is 0 Å². The molecule has 0 heterocycles. The normalized spacial score (nSPS) is 30.5. The van der Waals surface area contributed by atoms with Crippen molar-refractivity contribution in [2.75, 3.05) is 5.32 Å². The molecule has 20 heavy (non-hydrogen) atoms. The van der Waals surface area contributed by atoms with Crippen molar-refractivity contribution in [1.29, 1.82) is 0 Å². The SMILES string of the molecule is CC(Nc1ccc(C(F)(F)F)cc1)C1CC2CCC1C2. The molecule has 2 fully saturated rings. The molecule has 1 nitrogen and oxygen atoms in total. The first-order chi connectivity index (χ1) is 9.43. The number of rotatable bonds is 3. The second-order valence-electron chi connectivity index (χ2n) is 6.35. The van der Waals surface area contributed by atoms with Gasteiger partial charge in [0.05, 0.1) is 5.56 Å². The van der Waals surface area contributed by atoms with E-state index < -0.39 is 11.7 Å². The third kappa shape index (κ3) is 2.65. The van der Waals surface area contributed by atoms with E-state index in [1.165, 1.54) is 37.8 Å². The number of anilines is 1. The summed E-state index contributed by atoms with van der Waals surface area (Å²) in [5.74, 6) is 2.38. The number of benzene rings is 1. The topological polar surface area (TPSA) is 12.0 Å². The Balaban J connectivity index is 1.63. The largest absolute Gasteiger partial charge is 0.416 e. The lowest BCUT2D eigenvalue weighted by Gasteiger charge is -2.29. The number of halogens is 3. The zero-order chi connectivity index (χ0) is 14.3. The number of nitrogens with one attached hydrogen (secondary N) is 1. The highest BCUT2D eigenvalue weighted by Crippen LogP contribution is 2.49. The standard InChI is InChI=1S/C16H20F3N/c1-10(15-9-11-2-3-12(15)8-11)20-14-6-4-13(5-7-14)16(17,18)19/h4-7,10-12,15,20H,2-3,8-9H2,1H3. The lowest BCUT2D eigenvalue weighted by Crippen LogP contribution is -2.29. The highest BCUT2D eigenvalue weighted by molar-refractivity contribution is 5.46. The summed E-state index contributed by atoms with van der Waals surface area (Å²) < 4.78 is 37.5. The summed E-state index contributed by atoms with van der Waals surface area (Å²) in [7, 11) is 0. The molecular weight excluding hydrogens is 263 g/mol. The number of hydrogen-bond donors (Lipinski definition) is 1. The molecule has 2 saturated carbocycles. The van der Waals surface area contributed by atoms with Crippen LogP contribution in [-0.4, -0.2) is 6.04 Å². The number of hydrogen-bond acceptors (Lipinski definition) is 1. The maximum atomic E-state index is 12.5. The lowest BCUT2D eigenvalue weighted by molar-refractivity contribution is -0.137. The van der Waals surface area contributed by atoms with Crippen LogP contribution >= 0.6 is 0 Å². The van der Waals surface area contributed by atoms with Gasteiger partial charge >= 0.3 is 6.18 Å². The van der Waals surface area contributed by atoms with Crippen LogP contribution in [0.15, 0.2) is 24.3 Å². The van der Waals surface area contributed by atoms with Crippen molar-refractivity contribution in [1.82, 2.24) is 0 Å². The fourth-order valence-corrected chi connectivity index (χ4v) is 4.03. The van der Waals surface area contributed by atoms with E-state index in [0.717, 1.165) is 29.7 Å². The van der Waals surface area contributed by atoms with Crippen LogP contribution in [0.25, 0.3) is 0 Å². The van der Waals surface area contributed by atoms with Gasteiger partial charge in [0.2, 0.25) is 0 Å². The van der Waals surface area contributed by atoms with Crippen LogP contribution in [0.5, 0.6) is 0 Å². The average molecular weight is 283 g/mol. The van der Waals surface area contributed by atoms with Crippen LogP contribution in [0.4, 0.5) is 18.9 Å². The fourth-order valence-electron chi connectivity index (χ4n) is 4.03. The Morgan fingerprint density at radius 3 is 2.30 bits per heavy atom. The second-order valence-corrected chi connectivity index (χ2v) is 6.35. The quantitative estimate of drug-likeness (QED) is 0.828. The highest BCUT2D eigenvalue weighted by atomic mass is 19.4. The Kier molecular flexibility index (Phi) is 3.43. The number of alkyl halides is 3. The zero-order valence-electron chi connectivity index (χ0n) is 11.6. The molecule has 4 unspecified atom stereocenters. The molecule has 0 amide bonds. The summed E-state index contributed by atoms with van der Waals surface area (Å²) in [5, 5.41) is 3.38. The van der Waals surface area contributed by atoms with E-state index in [4.69, 9.17) is 0 Å². The van der Waals surface area contributed by atoms with E-state index in [0.29, 0.717) is 12.0 Å². The van der Waals surface area contributed by atoms with E-state index in [-0.39, 0.29) is 0 Å². The van der Waals surface area contributed by atoms with E-state index in [1.54, 1.807) is 0 Å². The molecular formula is C16H20F3N. The molecule has 0 spiro atoms. The average Bonchev–Trinajstić information content (AvgIpc) is 3.00. The van der Waals surface area contributed by atoms with Gasteiger partial charge in [-0.2, -0.15) is 13.2 Å². The molecule has 3 rings (SSSR count). The van der Waals surface area contributed by atoms with Gasteiger partial charge in [0.15, 0.2) is 0 Å². The summed E-state index contributed by atoms with van der Waals surface area (Å²) in [5.41, 5.74) is 0.198. The Hall–Kier alpha value is -1.19. The molecule has 0 aromatic heterocycles. The third-order valence-electron chi connectivity index (χ3n) is 5.04. The Morgan fingerprint density at radius 2 is 1.80 bits per heavy atom.